The van der Waals surface area contributed by atoms with Crippen molar-refractivity contribution in [3.63, 3.8) is 0 Å². The third-order valence-corrected chi connectivity index (χ3v) is 6.97. The fraction of sp³-hybridized carbons (Fsp3) is 0.500. The molecule has 2 aliphatic rings. The van der Waals surface area contributed by atoms with Crippen molar-refractivity contribution in [1.29, 1.82) is 0 Å². The summed E-state index contributed by atoms with van der Waals surface area (Å²) in [4.78, 5) is 45.4. The zero-order valence-electron chi connectivity index (χ0n) is 24.9. The summed E-state index contributed by atoms with van der Waals surface area (Å²) in [5, 5.41) is 22.4. The number of halogens is 2. The summed E-state index contributed by atoms with van der Waals surface area (Å²) >= 11 is 0. The molecule has 44 heavy (non-hydrogen) atoms. The monoisotopic (exact) mass is 619 g/mol. The molecule has 1 saturated carbocycles. The summed E-state index contributed by atoms with van der Waals surface area (Å²) in [5.41, 5.74) is -3.85. The Morgan fingerprint density at radius 2 is 1.84 bits per heavy atom. The molecule has 12 nitrogen and oxygen atoms in total. The molecule has 1 aromatic heterocycles. The van der Waals surface area contributed by atoms with Crippen LogP contribution in [0.3, 0.4) is 0 Å². The van der Waals surface area contributed by atoms with Gasteiger partial charge >= 0.3 is 24.6 Å². The van der Waals surface area contributed by atoms with Crippen molar-refractivity contribution in [2.24, 2.45) is 16.3 Å². The highest BCUT2D eigenvalue weighted by molar-refractivity contribution is 5.99. The molecule has 1 aliphatic heterocycles. The lowest BCUT2D eigenvalue weighted by Gasteiger charge is -2.28. The predicted molar refractivity (Wildman–Crippen MR) is 152 cm³/mol. The van der Waals surface area contributed by atoms with Gasteiger partial charge in [0, 0.05) is 18.2 Å². The Morgan fingerprint density at radius 3 is 2.39 bits per heavy atom. The van der Waals surface area contributed by atoms with Gasteiger partial charge in [-0.1, -0.05) is 6.08 Å². The van der Waals surface area contributed by atoms with E-state index in [0.29, 0.717) is 18.1 Å². The molecule has 3 N–H and O–H groups in total. The maximum Gasteiger partial charge on any atom is 0.408 e. The highest BCUT2D eigenvalue weighted by Crippen LogP contribution is 2.38. The zero-order chi connectivity index (χ0) is 32.4. The molecule has 0 radical (unpaired) electrons. The van der Waals surface area contributed by atoms with Gasteiger partial charge in [0.15, 0.2) is 17.0 Å². The van der Waals surface area contributed by atoms with Crippen molar-refractivity contribution in [3.8, 4) is 23.0 Å². The van der Waals surface area contributed by atoms with Crippen LogP contribution < -0.4 is 14.8 Å². The van der Waals surface area contributed by atoms with Crippen LogP contribution in [0, 0.1) is 11.3 Å². The number of dihydropyridines is 1. The zero-order valence-corrected chi connectivity index (χ0v) is 24.9. The van der Waals surface area contributed by atoms with E-state index < -0.39 is 47.2 Å². The van der Waals surface area contributed by atoms with Gasteiger partial charge in [-0.25, -0.2) is 14.6 Å². The number of carbonyl (C=O) groups excluding carboxylic acids is 1. The van der Waals surface area contributed by atoms with Gasteiger partial charge in [-0.2, -0.15) is 8.78 Å². The number of nitrogens with one attached hydrogen (secondary N) is 1. The highest BCUT2D eigenvalue weighted by atomic mass is 19.3. The predicted octanol–water partition coefficient (Wildman–Crippen LogP) is 5.41. The van der Waals surface area contributed by atoms with Gasteiger partial charge < -0.3 is 34.2 Å². The minimum Gasteiger partial charge on any atom is -0.489 e. The number of aliphatic carboxylic acids is 2. The number of aliphatic imine (C=N–C) groups is 1. The van der Waals surface area contributed by atoms with Crippen molar-refractivity contribution in [3.05, 3.63) is 41.8 Å². The summed E-state index contributed by atoms with van der Waals surface area (Å²) in [6, 6.07) is 3.27. The number of carbonyl (C=O) groups is 3. The topological polar surface area (TPSA) is 170 Å². The number of nitrogens with zero attached hydrogens (tertiary/aromatic N) is 2. The fourth-order valence-electron chi connectivity index (χ4n) is 4.28. The standard InChI is InChI=1S/C30H35F2N3O9/c1-16(34-27(40)44-28(2,3)4)22-19(13-30(25(38)39)11-10-29(5,15-33-30)24(36)37)35-23(43-22)18-8-9-20(42-26(31)32)21(12-18)41-14-17-6-7-17/h8-12,15-17,26H,6-7,13-14H2,1-5H3,(H,34,40)(H,36,37)(H,38,39)/t16?,29?,30-/m1/s1. The Hall–Kier alpha value is -4.49. The number of alkyl halides is 2. The van der Waals surface area contributed by atoms with Crippen molar-refractivity contribution in [2.75, 3.05) is 6.61 Å². The molecule has 1 aliphatic carbocycles. The van der Waals surface area contributed by atoms with Crippen LogP contribution in [0.25, 0.3) is 11.5 Å². The number of hydrogen-bond donors (Lipinski definition) is 3. The molecule has 0 bridgehead atoms. The van der Waals surface area contributed by atoms with Crippen LogP contribution in [0.5, 0.6) is 11.5 Å². The number of oxazole rings is 1. The number of carboxylic acids is 2. The molecule has 3 atom stereocenters. The normalized spacial score (nSPS) is 22.0. The third kappa shape index (κ3) is 7.71. The molecule has 1 fully saturated rings. The summed E-state index contributed by atoms with van der Waals surface area (Å²) in [7, 11) is 0. The number of ether oxygens (including phenoxy) is 3. The van der Waals surface area contributed by atoms with E-state index in [-0.39, 0.29) is 35.3 Å². The molecular formula is C30H35F2N3O9. The molecule has 2 unspecified atom stereocenters. The highest BCUT2D eigenvalue weighted by Gasteiger charge is 2.44. The van der Waals surface area contributed by atoms with Gasteiger partial charge in [0.05, 0.1) is 18.3 Å². The number of hydrogen-bond acceptors (Lipinski definition) is 9. The maximum atomic E-state index is 13.1. The van der Waals surface area contributed by atoms with Crippen LogP contribution in [0.2, 0.25) is 0 Å². The minimum absolute atomic E-state index is 0.0209. The van der Waals surface area contributed by atoms with E-state index in [1.165, 1.54) is 37.3 Å². The minimum atomic E-state index is -3.08. The van der Waals surface area contributed by atoms with Crippen LogP contribution in [0.4, 0.5) is 13.6 Å². The lowest BCUT2D eigenvalue weighted by molar-refractivity contribution is -0.143. The van der Waals surface area contributed by atoms with E-state index >= 15 is 0 Å². The molecule has 0 saturated heterocycles. The number of alkyl carbamates (subject to hydrolysis) is 1. The quantitative estimate of drug-likeness (QED) is 0.261. The maximum absolute atomic E-state index is 13.1. The Labute approximate surface area is 252 Å². The van der Waals surface area contributed by atoms with Crippen LogP contribution in [0.1, 0.15) is 65.0 Å². The molecule has 238 valence electrons. The van der Waals surface area contributed by atoms with Crippen molar-refractivity contribution in [1.82, 2.24) is 10.3 Å². The Morgan fingerprint density at radius 1 is 1.14 bits per heavy atom. The van der Waals surface area contributed by atoms with Gasteiger partial charge in [-0.05, 0) is 77.7 Å². The van der Waals surface area contributed by atoms with Crippen LogP contribution in [-0.2, 0) is 20.7 Å². The third-order valence-electron chi connectivity index (χ3n) is 6.97. The lowest BCUT2D eigenvalue weighted by atomic mass is 9.82. The van der Waals surface area contributed by atoms with Crippen LogP contribution >= 0.6 is 0 Å². The molecule has 4 rings (SSSR count). The molecular weight excluding hydrogens is 584 g/mol. The largest absolute Gasteiger partial charge is 0.489 e. The first-order chi connectivity index (χ1) is 20.5. The number of rotatable bonds is 12. The van der Waals surface area contributed by atoms with E-state index in [4.69, 9.17) is 13.9 Å². The Balaban J connectivity index is 1.74. The Kier molecular flexibility index (Phi) is 9.03. The molecule has 1 aromatic carbocycles. The summed E-state index contributed by atoms with van der Waals surface area (Å²) in [5.74, 6) is -2.34. The van der Waals surface area contributed by atoms with E-state index in [2.05, 4.69) is 20.0 Å². The first kappa shape index (κ1) is 32.4. The second-order valence-corrected chi connectivity index (χ2v) is 12.1. The molecule has 2 heterocycles. The molecule has 2 aromatic rings. The van der Waals surface area contributed by atoms with Gasteiger partial charge in [-0.15, -0.1) is 0 Å². The van der Waals surface area contributed by atoms with E-state index in [1.807, 2.05) is 0 Å². The average molecular weight is 620 g/mol. The van der Waals surface area contributed by atoms with Crippen LogP contribution in [-0.4, -0.2) is 63.8 Å². The number of benzene rings is 1. The number of aromatic nitrogens is 1. The number of amides is 1. The average Bonchev–Trinajstić information content (AvgIpc) is 3.65. The van der Waals surface area contributed by atoms with Crippen molar-refractivity contribution >= 4 is 24.2 Å². The first-order valence-electron chi connectivity index (χ1n) is 13.9. The number of carboxylic acid groups (broad SMARTS) is 2. The van der Waals surface area contributed by atoms with Gasteiger partial charge in [0.2, 0.25) is 5.89 Å². The van der Waals surface area contributed by atoms with E-state index in [1.54, 1.807) is 27.7 Å². The second kappa shape index (κ2) is 12.2. The Bertz CT molecular complexity index is 1460. The van der Waals surface area contributed by atoms with Crippen molar-refractivity contribution < 1.29 is 52.0 Å². The first-order valence-corrected chi connectivity index (χ1v) is 13.9. The molecule has 14 heteroatoms. The lowest BCUT2D eigenvalue weighted by Crippen LogP contribution is -2.43. The summed E-state index contributed by atoms with van der Waals surface area (Å²) in [6.07, 6.45) is 4.28. The molecule has 0 spiro atoms. The SMILES string of the molecule is CC(NC(=O)OC(C)(C)C)c1oc(-c2ccc(OC(F)F)c(OCC3CC3)c2)nc1C[C@@]1(C(=O)O)C=CC(C)(C(=O)O)C=N1. The second-order valence-electron chi connectivity index (χ2n) is 12.1. The van der Waals surface area contributed by atoms with Crippen molar-refractivity contribution in [2.45, 2.75) is 77.7 Å². The van der Waals surface area contributed by atoms with Gasteiger partial charge in [0.1, 0.15) is 16.8 Å². The smallest absolute Gasteiger partial charge is 0.408 e. The fourth-order valence-corrected chi connectivity index (χ4v) is 4.28. The van der Waals surface area contributed by atoms with Crippen LogP contribution in [0.15, 0.2) is 39.8 Å². The van der Waals surface area contributed by atoms with Gasteiger partial charge in [0.25, 0.3) is 0 Å². The van der Waals surface area contributed by atoms with E-state index in [0.717, 1.165) is 19.1 Å². The van der Waals surface area contributed by atoms with E-state index in [9.17, 15) is 33.4 Å². The summed E-state index contributed by atoms with van der Waals surface area (Å²) in [6.45, 7) is 5.25. The molecule has 1 amide bonds. The van der Waals surface area contributed by atoms with Gasteiger partial charge in [-0.3, -0.25) is 9.79 Å². The summed E-state index contributed by atoms with van der Waals surface area (Å²) < 4.78 is 47.9.